The van der Waals surface area contributed by atoms with Gasteiger partial charge in [-0.25, -0.2) is 9.78 Å². The van der Waals surface area contributed by atoms with Crippen LogP contribution in [0.1, 0.15) is 37.1 Å². The molecule has 1 N–H and O–H groups in total. The van der Waals surface area contributed by atoms with Gasteiger partial charge in [0.15, 0.2) is 0 Å². The van der Waals surface area contributed by atoms with Crippen molar-refractivity contribution in [3.63, 3.8) is 0 Å². The summed E-state index contributed by atoms with van der Waals surface area (Å²) in [5, 5.41) is 5.87. The fourth-order valence-corrected chi connectivity index (χ4v) is 5.06. The molecule has 1 saturated carbocycles. The van der Waals surface area contributed by atoms with Crippen LogP contribution in [0, 0.1) is 6.92 Å². The highest BCUT2D eigenvalue weighted by atomic mass is 32.1. The van der Waals surface area contributed by atoms with E-state index >= 15 is 0 Å². The van der Waals surface area contributed by atoms with Gasteiger partial charge in [-0.1, -0.05) is 25.3 Å². The Labute approximate surface area is 158 Å². The predicted octanol–water partition coefficient (Wildman–Crippen LogP) is 3.34. The molecule has 1 amide bonds. The summed E-state index contributed by atoms with van der Waals surface area (Å²) in [4.78, 5) is 35.6. The van der Waals surface area contributed by atoms with Crippen molar-refractivity contribution in [1.29, 1.82) is 0 Å². The van der Waals surface area contributed by atoms with Crippen molar-refractivity contribution in [3.05, 3.63) is 33.0 Å². The van der Waals surface area contributed by atoms with Crippen LogP contribution in [-0.4, -0.2) is 26.5 Å². The summed E-state index contributed by atoms with van der Waals surface area (Å²) in [6, 6.07) is 4.08. The molecular formula is C18H20N4O2S2. The van der Waals surface area contributed by atoms with Gasteiger partial charge in [0.1, 0.15) is 22.6 Å². The number of fused-ring (bicyclic) bond motifs is 1. The standard InChI is InChI=1S/C18H20N4O2S2/c1-11-19-16-15(13-8-5-9-25-13)21-18(24)22(17(16)26-11)10-14(23)20-12-6-3-2-4-7-12/h5,8-9,12H,2-4,6-7,10H2,1H3,(H,20,23). The van der Waals surface area contributed by atoms with Crippen molar-refractivity contribution in [2.24, 2.45) is 0 Å². The van der Waals surface area contributed by atoms with E-state index in [1.807, 2.05) is 24.4 Å². The summed E-state index contributed by atoms with van der Waals surface area (Å²) >= 11 is 2.96. The summed E-state index contributed by atoms with van der Waals surface area (Å²) < 4.78 is 1.45. The molecule has 8 heteroatoms. The normalized spacial score (nSPS) is 15.4. The van der Waals surface area contributed by atoms with Gasteiger partial charge in [0.25, 0.3) is 0 Å². The van der Waals surface area contributed by atoms with Crippen LogP contribution in [0.2, 0.25) is 0 Å². The fraction of sp³-hybridized carbons (Fsp3) is 0.444. The number of thiophene rings is 1. The van der Waals surface area contributed by atoms with E-state index in [-0.39, 0.29) is 18.5 Å². The molecule has 0 unspecified atom stereocenters. The van der Waals surface area contributed by atoms with Gasteiger partial charge in [0.2, 0.25) is 5.91 Å². The van der Waals surface area contributed by atoms with Crippen LogP contribution in [0.5, 0.6) is 0 Å². The molecule has 0 aromatic carbocycles. The molecule has 3 aromatic rings. The third-order valence-electron chi connectivity index (χ3n) is 4.65. The molecule has 1 aliphatic rings. The lowest BCUT2D eigenvalue weighted by atomic mass is 9.95. The van der Waals surface area contributed by atoms with Crippen molar-refractivity contribution < 1.29 is 4.79 Å². The average Bonchev–Trinajstić information content (AvgIpc) is 3.27. The van der Waals surface area contributed by atoms with Crippen LogP contribution in [0.25, 0.3) is 20.9 Å². The smallest absolute Gasteiger partial charge is 0.349 e. The van der Waals surface area contributed by atoms with Gasteiger partial charge < -0.3 is 5.32 Å². The number of rotatable bonds is 4. The number of hydrogen-bond acceptors (Lipinski definition) is 6. The lowest BCUT2D eigenvalue weighted by molar-refractivity contribution is -0.122. The quantitative estimate of drug-likeness (QED) is 0.744. The highest BCUT2D eigenvalue weighted by Crippen LogP contribution is 2.31. The Kier molecular flexibility index (Phi) is 4.86. The molecule has 0 radical (unpaired) electrons. The molecule has 0 bridgehead atoms. The van der Waals surface area contributed by atoms with Crippen molar-refractivity contribution in [1.82, 2.24) is 19.9 Å². The van der Waals surface area contributed by atoms with Crippen LogP contribution in [0.4, 0.5) is 0 Å². The minimum atomic E-state index is -0.400. The van der Waals surface area contributed by atoms with Gasteiger partial charge >= 0.3 is 5.69 Å². The zero-order chi connectivity index (χ0) is 18.1. The maximum absolute atomic E-state index is 12.6. The number of hydrogen-bond donors (Lipinski definition) is 1. The van der Waals surface area contributed by atoms with E-state index < -0.39 is 5.69 Å². The second kappa shape index (κ2) is 7.28. The fourth-order valence-electron chi connectivity index (χ4n) is 3.44. The molecule has 0 saturated heterocycles. The lowest BCUT2D eigenvalue weighted by Crippen LogP contribution is -2.40. The van der Waals surface area contributed by atoms with Gasteiger partial charge in [-0.15, -0.1) is 22.7 Å². The second-order valence-electron chi connectivity index (χ2n) is 6.60. The Balaban J connectivity index is 1.67. The van der Waals surface area contributed by atoms with Crippen molar-refractivity contribution in [2.75, 3.05) is 0 Å². The molecule has 3 aromatic heterocycles. The lowest BCUT2D eigenvalue weighted by Gasteiger charge is -2.22. The summed E-state index contributed by atoms with van der Waals surface area (Å²) in [5.41, 5.74) is 0.900. The molecule has 1 aliphatic carbocycles. The summed E-state index contributed by atoms with van der Waals surface area (Å²) in [6.45, 7) is 1.89. The molecular weight excluding hydrogens is 368 g/mol. The molecule has 4 rings (SSSR count). The van der Waals surface area contributed by atoms with Gasteiger partial charge in [-0.05, 0) is 31.2 Å². The first-order valence-electron chi connectivity index (χ1n) is 8.83. The van der Waals surface area contributed by atoms with Crippen molar-refractivity contribution in [3.8, 4) is 10.6 Å². The summed E-state index contributed by atoms with van der Waals surface area (Å²) in [7, 11) is 0. The van der Waals surface area contributed by atoms with Crippen LogP contribution >= 0.6 is 22.7 Å². The second-order valence-corrected chi connectivity index (χ2v) is 8.72. The Morgan fingerprint density at radius 2 is 2.12 bits per heavy atom. The molecule has 0 spiro atoms. The predicted molar refractivity (Wildman–Crippen MR) is 105 cm³/mol. The zero-order valence-electron chi connectivity index (χ0n) is 14.5. The van der Waals surface area contributed by atoms with E-state index in [2.05, 4.69) is 15.3 Å². The number of carbonyl (C=O) groups excluding carboxylic acids is 1. The zero-order valence-corrected chi connectivity index (χ0v) is 16.2. The van der Waals surface area contributed by atoms with Crippen molar-refractivity contribution >= 4 is 38.9 Å². The van der Waals surface area contributed by atoms with E-state index in [0.717, 1.165) is 35.6 Å². The van der Waals surface area contributed by atoms with Crippen LogP contribution in [-0.2, 0) is 11.3 Å². The third-order valence-corrected chi connectivity index (χ3v) is 6.52. The Hall–Kier alpha value is -2.06. The molecule has 136 valence electrons. The minimum absolute atomic E-state index is 0.00874. The first-order chi connectivity index (χ1) is 12.6. The molecule has 0 atom stereocenters. The SMILES string of the molecule is Cc1nc2c(-c3cccs3)nc(=O)n(CC(=O)NC3CCCCC3)c2s1. The topological polar surface area (TPSA) is 76.9 Å². The summed E-state index contributed by atoms with van der Waals surface area (Å²) in [6.07, 6.45) is 5.58. The highest BCUT2D eigenvalue weighted by Gasteiger charge is 2.20. The number of amides is 1. The largest absolute Gasteiger partial charge is 0.352 e. The Morgan fingerprint density at radius 1 is 1.31 bits per heavy atom. The molecule has 0 aliphatic heterocycles. The molecule has 1 fully saturated rings. The van der Waals surface area contributed by atoms with Crippen LogP contribution in [0.3, 0.4) is 0 Å². The monoisotopic (exact) mass is 388 g/mol. The van der Waals surface area contributed by atoms with E-state index in [0.29, 0.717) is 16.0 Å². The van der Waals surface area contributed by atoms with E-state index in [1.54, 1.807) is 0 Å². The van der Waals surface area contributed by atoms with Crippen molar-refractivity contribution in [2.45, 2.75) is 51.6 Å². The first kappa shape index (κ1) is 17.4. The maximum atomic E-state index is 12.6. The number of nitrogens with one attached hydrogen (secondary N) is 1. The average molecular weight is 389 g/mol. The van der Waals surface area contributed by atoms with Gasteiger partial charge in [-0.2, -0.15) is 4.98 Å². The Bertz CT molecular complexity index is 985. The number of thiazole rings is 1. The highest BCUT2D eigenvalue weighted by molar-refractivity contribution is 7.18. The third kappa shape index (κ3) is 3.43. The molecule has 3 heterocycles. The Morgan fingerprint density at radius 3 is 2.85 bits per heavy atom. The minimum Gasteiger partial charge on any atom is -0.352 e. The number of aryl methyl sites for hydroxylation is 1. The number of aromatic nitrogens is 3. The molecule has 26 heavy (non-hydrogen) atoms. The maximum Gasteiger partial charge on any atom is 0.349 e. The van der Waals surface area contributed by atoms with Gasteiger partial charge in [0, 0.05) is 6.04 Å². The van der Waals surface area contributed by atoms with Gasteiger partial charge in [0.05, 0.1) is 9.88 Å². The number of nitrogens with zero attached hydrogens (tertiary/aromatic N) is 3. The van der Waals surface area contributed by atoms with Gasteiger partial charge in [-0.3, -0.25) is 9.36 Å². The molecule has 6 nitrogen and oxygen atoms in total. The number of carbonyl (C=O) groups is 1. The van der Waals surface area contributed by atoms with Crippen LogP contribution < -0.4 is 11.0 Å². The first-order valence-corrected chi connectivity index (χ1v) is 10.5. The van der Waals surface area contributed by atoms with E-state index in [1.165, 1.54) is 33.7 Å². The van der Waals surface area contributed by atoms with E-state index in [9.17, 15) is 9.59 Å². The van der Waals surface area contributed by atoms with Crippen LogP contribution in [0.15, 0.2) is 22.3 Å². The van der Waals surface area contributed by atoms with E-state index in [4.69, 9.17) is 0 Å². The summed E-state index contributed by atoms with van der Waals surface area (Å²) in [5.74, 6) is -0.128.